The molecule has 0 spiro atoms. The van der Waals surface area contributed by atoms with Gasteiger partial charge in [-0.3, -0.25) is 4.79 Å². The maximum atomic E-state index is 12.4. The van der Waals surface area contributed by atoms with E-state index in [-0.39, 0.29) is 11.9 Å². The van der Waals surface area contributed by atoms with Crippen molar-refractivity contribution < 1.29 is 14.3 Å². The lowest BCUT2D eigenvalue weighted by Crippen LogP contribution is -2.46. The standard InChI is InChI=1S/C16H24N2O3/c1-10-7-13(5-6-17-10)18-16(19)12-8-14(20-3)11(2)15(9-12)21-4/h8-10,13,17H,5-7H2,1-4H3,(H,18,19). The molecule has 2 atom stereocenters. The number of carbonyl (C=O) groups is 1. The summed E-state index contributed by atoms with van der Waals surface area (Å²) < 4.78 is 10.6. The van der Waals surface area contributed by atoms with Gasteiger partial charge in [0, 0.05) is 23.2 Å². The van der Waals surface area contributed by atoms with Crippen molar-refractivity contribution in [3.05, 3.63) is 23.3 Å². The first kappa shape index (κ1) is 15.6. The minimum atomic E-state index is -0.0781. The topological polar surface area (TPSA) is 59.6 Å². The van der Waals surface area contributed by atoms with Crippen molar-refractivity contribution in [1.29, 1.82) is 0 Å². The van der Waals surface area contributed by atoms with Gasteiger partial charge in [0.2, 0.25) is 0 Å². The summed E-state index contributed by atoms with van der Waals surface area (Å²) in [7, 11) is 3.19. The highest BCUT2D eigenvalue weighted by Gasteiger charge is 2.21. The van der Waals surface area contributed by atoms with Gasteiger partial charge >= 0.3 is 0 Å². The molecule has 1 amide bonds. The van der Waals surface area contributed by atoms with Gasteiger partial charge in [-0.05, 0) is 45.4 Å². The van der Waals surface area contributed by atoms with Crippen molar-refractivity contribution in [2.24, 2.45) is 0 Å². The fourth-order valence-corrected chi connectivity index (χ4v) is 2.75. The number of nitrogens with one attached hydrogen (secondary N) is 2. The Hall–Kier alpha value is -1.75. The van der Waals surface area contributed by atoms with Crippen LogP contribution in [0.1, 0.15) is 35.7 Å². The van der Waals surface area contributed by atoms with Gasteiger partial charge in [0.1, 0.15) is 11.5 Å². The van der Waals surface area contributed by atoms with E-state index in [1.54, 1.807) is 26.4 Å². The Bertz CT molecular complexity index is 491. The molecule has 0 aromatic heterocycles. The first-order valence-corrected chi connectivity index (χ1v) is 7.32. The predicted octanol–water partition coefficient (Wildman–Crippen LogP) is 1.88. The second-order valence-electron chi connectivity index (χ2n) is 5.56. The molecule has 2 rings (SSSR count). The lowest BCUT2D eigenvalue weighted by Gasteiger charge is -2.28. The van der Waals surface area contributed by atoms with E-state index < -0.39 is 0 Å². The number of rotatable bonds is 4. The molecule has 5 nitrogen and oxygen atoms in total. The van der Waals surface area contributed by atoms with E-state index in [2.05, 4.69) is 17.6 Å². The molecule has 1 saturated heterocycles. The van der Waals surface area contributed by atoms with Crippen LogP contribution in [0.5, 0.6) is 11.5 Å². The Morgan fingerprint density at radius 1 is 1.29 bits per heavy atom. The fraction of sp³-hybridized carbons (Fsp3) is 0.562. The van der Waals surface area contributed by atoms with Crippen LogP contribution in [-0.4, -0.2) is 38.8 Å². The van der Waals surface area contributed by atoms with Crippen LogP contribution in [0.15, 0.2) is 12.1 Å². The Labute approximate surface area is 126 Å². The second-order valence-corrected chi connectivity index (χ2v) is 5.56. The molecular weight excluding hydrogens is 268 g/mol. The number of methoxy groups -OCH3 is 2. The second kappa shape index (κ2) is 6.80. The van der Waals surface area contributed by atoms with E-state index >= 15 is 0 Å². The van der Waals surface area contributed by atoms with Gasteiger partial charge in [-0.2, -0.15) is 0 Å². The van der Waals surface area contributed by atoms with Gasteiger partial charge in [-0.25, -0.2) is 0 Å². The van der Waals surface area contributed by atoms with Crippen LogP contribution in [0, 0.1) is 6.92 Å². The summed E-state index contributed by atoms with van der Waals surface area (Å²) >= 11 is 0. The summed E-state index contributed by atoms with van der Waals surface area (Å²) in [5.41, 5.74) is 1.47. The highest BCUT2D eigenvalue weighted by Crippen LogP contribution is 2.29. The molecule has 0 bridgehead atoms. The fourth-order valence-electron chi connectivity index (χ4n) is 2.75. The van der Waals surface area contributed by atoms with Gasteiger partial charge in [0.05, 0.1) is 14.2 Å². The molecule has 2 unspecified atom stereocenters. The summed E-state index contributed by atoms with van der Waals surface area (Å²) in [6.45, 7) is 4.98. The van der Waals surface area contributed by atoms with Crippen LogP contribution in [0.3, 0.4) is 0 Å². The van der Waals surface area contributed by atoms with Crippen LogP contribution in [0.4, 0.5) is 0 Å². The lowest BCUT2D eigenvalue weighted by atomic mass is 10.00. The maximum absolute atomic E-state index is 12.4. The van der Waals surface area contributed by atoms with Gasteiger partial charge in [-0.1, -0.05) is 0 Å². The Kier molecular flexibility index (Phi) is 5.07. The molecule has 1 aliphatic rings. The largest absolute Gasteiger partial charge is 0.496 e. The minimum absolute atomic E-state index is 0.0781. The summed E-state index contributed by atoms with van der Waals surface area (Å²) in [5, 5.41) is 6.48. The molecule has 1 aromatic rings. The van der Waals surface area contributed by atoms with Crippen molar-refractivity contribution in [1.82, 2.24) is 10.6 Å². The van der Waals surface area contributed by atoms with Crippen LogP contribution < -0.4 is 20.1 Å². The molecule has 0 saturated carbocycles. The Balaban J connectivity index is 2.15. The third-order valence-corrected chi connectivity index (χ3v) is 3.97. The summed E-state index contributed by atoms with van der Waals surface area (Å²) in [6.07, 6.45) is 1.90. The van der Waals surface area contributed by atoms with E-state index in [0.717, 1.165) is 24.9 Å². The summed E-state index contributed by atoms with van der Waals surface area (Å²) in [5.74, 6) is 1.25. The smallest absolute Gasteiger partial charge is 0.251 e. The SMILES string of the molecule is COc1cc(C(=O)NC2CCNC(C)C2)cc(OC)c1C. The number of carbonyl (C=O) groups excluding carboxylic acids is 1. The molecule has 21 heavy (non-hydrogen) atoms. The summed E-state index contributed by atoms with van der Waals surface area (Å²) in [6, 6.07) is 4.17. The minimum Gasteiger partial charge on any atom is -0.496 e. The Morgan fingerprint density at radius 3 is 2.43 bits per heavy atom. The highest BCUT2D eigenvalue weighted by atomic mass is 16.5. The van der Waals surface area contributed by atoms with Crippen molar-refractivity contribution in [3.63, 3.8) is 0 Å². The summed E-state index contributed by atoms with van der Waals surface area (Å²) in [4.78, 5) is 12.4. The first-order chi connectivity index (χ1) is 10.0. The molecule has 1 aromatic carbocycles. The lowest BCUT2D eigenvalue weighted by molar-refractivity contribution is 0.0925. The monoisotopic (exact) mass is 292 g/mol. The number of hydrogen-bond acceptors (Lipinski definition) is 4. The van der Waals surface area contributed by atoms with Gasteiger partial charge in [0.15, 0.2) is 0 Å². The zero-order chi connectivity index (χ0) is 15.4. The molecule has 5 heteroatoms. The van der Waals surface area contributed by atoms with Gasteiger partial charge in [0.25, 0.3) is 5.91 Å². The number of benzene rings is 1. The number of ether oxygens (including phenoxy) is 2. The molecule has 0 radical (unpaired) electrons. The van der Waals surface area contributed by atoms with E-state index in [4.69, 9.17) is 9.47 Å². The van der Waals surface area contributed by atoms with Crippen molar-refractivity contribution >= 4 is 5.91 Å². The van der Waals surface area contributed by atoms with Crippen molar-refractivity contribution in [2.75, 3.05) is 20.8 Å². The third-order valence-electron chi connectivity index (χ3n) is 3.97. The zero-order valence-corrected chi connectivity index (χ0v) is 13.2. The normalized spacial score (nSPS) is 21.7. The molecule has 1 fully saturated rings. The van der Waals surface area contributed by atoms with Crippen molar-refractivity contribution in [3.8, 4) is 11.5 Å². The van der Waals surface area contributed by atoms with E-state index in [9.17, 15) is 4.79 Å². The molecular formula is C16H24N2O3. The average molecular weight is 292 g/mol. The average Bonchev–Trinajstić information content (AvgIpc) is 2.47. The third kappa shape index (κ3) is 3.67. The number of amides is 1. The Morgan fingerprint density at radius 2 is 1.90 bits per heavy atom. The van der Waals surface area contributed by atoms with Crippen molar-refractivity contribution in [2.45, 2.75) is 38.8 Å². The highest BCUT2D eigenvalue weighted by molar-refractivity contribution is 5.95. The van der Waals surface area contributed by atoms with Gasteiger partial charge in [-0.15, -0.1) is 0 Å². The first-order valence-electron chi connectivity index (χ1n) is 7.32. The van der Waals surface area contributed by atoms with E-state index in [1.807, 2.05) is 6.92 Å². The number of hydrogen-bond donors (Lipinski definition) is 2. The quantitative estimate of drug-likeness (QED) is 0.889. The molecule has 1 aliphatic heterocycles. The predicted molar refractivity (Wildman–Crippen MR) is 82.2 cm³/mol. The van der Waals surface area contributed by atoms with Gasteiger partial charge < -0.3 is 20.1 Å². The zero-order valence-electron chi connectivity index (χ0n) is 13.2. The maximum Gasteiger partial charge on any atom is 0.251 e. The van der Waals surface area contributed by atoms with Crippen LogP contribution in [0.25, 0.3) is 0 Å². The molecule has 0 aliphatic carbocycles. The molecule has 1 heterocycles. The van der Waals surface area contributed by atoms with Crippen LogP contribution >= 0.6 is 0 Å². The van der Waals surface area contributed by atoms with Crippen LogP contribution in [-0.2, 0) is 0 Å². The van der Waals surface area contributed by atoms with E-state index in [0.29, 0.717) is 23.1 Å². The molecule has 2 N–H and O–H groups in total. The van der Waals surface area contributed by atoms with E-state index in [1.165, 1.54) is 0 Å². The van der Waals surface area contributed by atoms with Crippen LogP contribution in [0.2, 0.25) is 0 Å². The number of piperidine rings is 1. The molecule has 116 valence electrons.